The minimum Gasteiger partial charge on any atom is -0.494 e. The third-order valence-corrected chi connectivity index (χ3v) is 5.59. The van der Waals surface area contributed by atoms with E-state index in [0.717, 1.165) is 12.1 Å². The van der Waals surface area contributed by atoms with Crippen LogP contribution < -0.4 is 9.88 Å². The van der Waals surface area contributed by atoms with Gasteiger partial charge in [-0.15, -0.1) is 0 Å². The predicted octanol–water partition coefficient (Wildman–Crippen LogP) is 5.26. The number of ether oxygens (including phenoxy) is 1. The van der Waals surface area contributed by atoms with Crippen LogP contribution in [0.1, 0.15) is 0 Å². The Kier molecular flexibility index (Phi) is 5.63. The number of methoxy groups -OCH3 is 1. The third-order valence-electron chi connectivity index (χ3n) is 4.06. The number of primary sulfonamides is 1. The Bertz CT molecular complexity index is 1160. The lowest BCUT2D eigenvalue weighted by Crippen LogP contribution is -2.13. The standard InChI is InChI=1S/C19H13Cl2F2NO3S/c1-27-19-14(20)6-10(7-15(19)21)12-8-16(22)17(23)9-13(12)11-4-2-3-5-18(11)28(24,25)26/h2-9H,1H3,(H2,24,25,26). The van der Waals surface area contributed by atoms with Crippen LogP contribution in [-0.2, 0) is 10.0 Å². The molecule has 3 aromatic carbocycles. The van der Waals surface area contributed by atoms with E-state index in [-0.39, 0.29) is 37.4 Å². The maximum atomic E-state index is 14.0. The molecule has 0 atom stereocenters. The molecule has 0 aromatic heterocycles. The van der Waals surface area contributed by atoms with Crippen molar-refractivity contribution in [3.8, 4) is 28.0 Å². The summed E-state index contributed by atoms with van der Waals surface area (Å²) in [6, 6.07) is 10.5. The van der Waals surface area contributed by atoms with Crippen molar-refractivity contribution in [1.29, 1.82) is 0 Å². The monoisotopic (exact) mass is 443 g/mol. The third kappa shape index (κ3) is 3.84. The fourth-order valence-corrected chi connectivity index (χ4v) is 4.25. The second-order valence-corrected chi connectivity index (χ2v) is 8.17. The van der Waals surface area contributed by atoms with Crippen molar-refractivity contribution >= 4 is 33.2 Å². The highest BCUT2D eigenvalue weighted by molar-refractivity contribution is 7.89. The second kappa shape index (κ2) is 7.67. The maximum Gasteiger partial charge on any atom is 0.238 e. The summed E-state index contributed by atoms with van der Waals surface area (Å²) in [5.41, 5.74) is 0.748. The molecular formula is C19H13Cl2F2NO3S. The molecule has 0 saturated carbocycles. The van der Waals surface area contributed by atoms with E-state index < -0.39 is 21.7 Å². The van der Waals surface area contributed by atoms with Gasteiger partial charge in [-0.25, -0.2) is 22.3 Å². The van der Waals surface area contributed by atoms with E-state index in [4.69, 9.17) is 33.1 Å². The van der Waals surface area contributed by atoms with Crippen molar-refractivity contribution < 1.29 is 21.9 Å². The molecular weight excluding hydrogens is 431 g/mol. The number of rotatable bonds is 4. The minimum absolute atomic E-state index is 0.112. The van der Waals surface area contributed by atoms with Crippen LogP contribution in [0.25, 0.3) is 22.3 Å². The van der Waals surface area contributed by atoms with Gasteiger partial charge in [-0.2, -0.15) is 0 Å². The number of sulfonamides is 1. The van der Waals surface area contributed by atoms with Gasteiger partial charge in [0.05, 0.1) is 22.1 Å². The van der Waals surface area contributed by atoms with Crippen molar-refractivity contribution in [1.82, 2.24) is 0 Å². The summed E-state index contributed by atoms with van der Waals surface area (Å²) in [4.78, 5) is -0.229. The molecule has 9 heteroatoms. The number of hydrogen-bond acceptors (Lipinski definition) is 3. The topological polar surface area (TPSA) is 69.4 Å². The Morgan fingerprint density at radius 2 is 1.43 bits per heavy atom. The summed E-state index contributed by atoms with van der Waals surface area (Å²) in [5.74, 6) is -2.04. The Morgan fingerprint density at radius 1 is 0.893 bits per heavy atom. The normalized spacial score (nSPS) is 11.5. The van der Waals surface area contributed by atoms with E-state index in [1.807, 2.05) is 0 Å². The van der Waals surface area contributed by atoms with Crippen molar-refractivity contribution in [2.45, 2.75) is 4.90 Å². The van der Waals surface area contributed by atoms with Gasteiger partial charge >= 0.3 is 0 Å². The average molecular weight is 444 g/mol. The summed E-state index contributed by atoms with van der Waals surface area (Å²) in [7, 11) is -2.73. The molecule has 2 N–H and O–H groups in total. The molecule has 0 amide bonds. The number of benzene rings is 3. The molecule has 4 nitrogen and oxygen atoms in total. The molecule has 3 rings (SSSR count). The van der Waals surface area contributed by atoms with E-state index in [2.05, 4.69) is 0 Å². The van der Waals surface area contributed by atoms with E-state index in [0.29, 0.717) is 5.56 Å². The van der Waals surface area contributed by atoms with E-state index >= 15 is 0 Å². The van der Waals surface area contributed by atoms with Gasteiger partial charge < -0.3 is 4.74 Å². The molecule has 0 spiro atoms. The van der Waals surface area contributed by atoms with Gasteiger partial charge in [0.15, 0.2) is 17.4 Å². The molecule has 146 valence electrons. The molecule has 0 aliphatic carbocycles. The molecule has 0 aliphatic heterocycles. The Hall–Kier alpha value is -2.19. The highest BCUT2D eigenvalue weighted by Gasteiger charge is 2.21. The summed E-state index contributed by atoms with van der Waals surface area (Å²) in [6.07, 6.45) is 0. The van der Waals surface area contributed by atoms with Crippen LogP contribution in [0, 0.1) is 11.6 Å². The van der Waals surface area contributed by atoms with Crippen molar-refractivity contribution in [2.24, 2.45) is 5.14 Å². The predicted molar refractivity (Wildman–Crippen MR) is 105 cm³/mol. The molecule has 0 bridgehead atoms. The molecule has 0 radical (unpaired) electrons. The zero-order chi connectivity index (χ0) is 20.6. The van der Waals surface area contributed by atoms with Gasteiger partial charge in [0.25, 0.3) is 0 Å². The Balaban J connectivity index is 2.37. The lowest BCUT2D eigenvalue weighted by Gasteiger charge is -2.15. The van der Waals surface area contributed by atoms with Crippen LogP contribution in [0.5, 0.6) is 5.75 Å². The lowest BCUT2D eigenvalue weighted by atomic mass is 9.94. The average Bonchev–Trinajstić information content (AvgIpc) is 2.62. The molecule has 28 heavy (non-hydrogen) atoms. The van der Waals surface area contributed by atoms with Gasteiger partial charge in [-0.3, -0.25) is 0 Å². The first-order valence-corrected chi connectivity index (χ1v) is 10.1. The van der Waals surface area contributed by atoms with Crippen LogP contribution in [0.15, 0.2) is 53.4 Å². The van der Waals surface area contributed by atoms with Gasteiger partial charge in [0.1, 0.15) is 0 Å². The van der Waals surface area contributed by atoms with Crippen LogP contribution >= 0.6 is 23.2 Å². The van der Waals surface area contributed by atoms with Crippen LogP contribution in [0.4, 0.5) is 8.78 Å². The number of nitrogens with two attached hydrogens (primary N) is 1. The zero-order valence-corrected chi connectivity index (χ0v) is 16.7. The molecule has 0 aliphatic rings. The SMILES string of the molecule is COc1c(Cl)cc(-c2cc(F)c(F)cc2-c2ccccc2S(N)(=O)=O)cc1Cl. The molecule has 0 saturated heterocycles. The highest BCUT2D eigenvalue weighted by atomic mass is 35.5. The van der Waals surface area contributed by atoms with E-state index in [1.54, 1.807) is 6.07 Å². The summed E-state index contributed by atoms with van der Waals surface area (Å²) in [5, 5.41) is 5.59. The zero-order valence-electron chi connectivity index (χ0n) is 14.3. The quantitative estimate of drug-likeness (QED) is 0.597. The molecule has 3 aromatic rings. The first-order valence-electron chi connectivity index (χ1n) is 7.78. The van der Waals surface area contributed by atoms with Gasteiger partial charge in [-0.1, -0.05) is 41.4 Å². The molecule has 0 heterocycles. The molecule has 0 fully saturated rings. The summed E-state index contributed by atoms with van der Waals surface area (Å²) < 4.78 is 57.1. The maximum absolute atomic E-state index is 14.0. The fraction of sp³-hybridized carbons (Fsp3) is 0.0526. The van der Waals surface area contributed by atoms with E-state index in [1.165, 1.54) is 37.4 Å². The van der Waals surface area contributed by atoms with Crippen molar-refractivity contribution in [2.75, 3.05) is 7.11 Å². The number of hydrogen-bond donors (Lipinski definition) is 1. The largest absolute Gasteiger partial charge is 0.494 e. The fourth-order valence-electron chi connectivity index (χ4n) is 2.86. The first-order chi connectivity index (χ1) is 13.1. The van der Waals surface area contributed by atoms with Crippen LogP contribution in [-0.4, -0.2) is 15.5 Å². The van der Waals surface area contributed by atoms with Gasteiger partial charge in [0.2, 0.25) is 10.0 Å². The Morgan fingerprint density at radius 3 is 1.96 bits per heavy atom. The lowest BCUT2D eigenvalue weighted by molar-refractivity contribution is 0.415. The molecule has 0 unspecified atom stereocenters. The van der Waals surface area contributed by atoms with Crippen LogP contribution in [0.2, 0.25) is 10.0 Å². The van der Waals surface area contributed by atoms with Crippen molar-refractivity contribution in [3.63, 3.8) is 0 Å². The summed E-state index contributed by atoms with van der Waals surface area (Å²) in [6.45, 7) is 0. The smallest absolute Gasteiger partial charge is 0.238 e. The first kappa shape index (κ1) is 20.5. The highest BCUT2D eigenvalue weighted by Crippen LogP contribution is 2.42. The Labute approximate surface area is 170 Å². The van der Waals surface area contributed by atoms with Crippen molar-refractivity contribution in [3.05, 3.63) is 70.2 Å². The second-order valence-electron chi connectivity index (χ2n) is 5.83. The summed E-state index contributed by atoms with van der Waals surface area (Å²) >= 11 is 12.3. The number of halogens is 4. The van der Waals surface area contributed by atoms with E-state index in [9.17, 15) is 17.2 Å². The van der Waals surface area contributed by atoms with Crippen LogP contribution in [0.3, 0.4) is 0 Å². The minimum atomic E-state index is -4.12. The van der Waals surface area contributed by atoms with Gasteiger partial charge in [-0.05, 0) is 47.0 Å². The van der Waals surface area contributed by atoms with Gasteiger partial charge in [0, 0.05) is 5.56 Å².